The molecule has 0 aromatic carbocycles. The van der Waals surface area contributed by atoms with Gasteiger partial charge < -0.3 is 15.8 Å². The van der Waals surface area contributed by atoms with E-state index >= 15 is 0 Å². The van der Waals surface area contributed by atoms with Gasteiger partial charge in [-0.05, 0) is 13.8 Å². The van der Waals surface area contributed by atoms with Crippen molar-refractivity contribution in [2.45, 2.75) is 19.9 Å². The Morgan fingerprint density at radius 3 is 3.00 bits per heavy atom. The molecule has 1 unspecified atom stereocenters. The second-order valence-corrected chi connectivity index (χ2v) is 3.51. The van der Waals surface area contributed by atoms with Crippen LogP contribution in [0.4, 0.5) is 11.5 Å². The Hall–Kier alpha value is -2.45. The summed E-state index contributed by atoms with van der Waals surface area (Å²) in [6, 6.07) is -0.185. The molecule has 18 heavy (non-hydrogen) atoms. The molecule has 0 bridgehead atoms. The van der Waals surface area contributed by atoms with Crippen molar-refractivity contribution in [2.75, 3.05) is 17.7 Å². The summed E-state index contributed by atoms with van der Waals surface area (Å²) in [6.45, 7) is 4.21. The molecule has 9 nitrogen and oxygen atoms in total. The number of hydrogen-bond acceptors (Lipinski definition) is 8. The van der Waals surface area contributed by atoms with Crippen molar-refractivity contribution in [3.8, 4) is 5.88 Å². The standard InChI is InChI=1S/C9H14N8O/c1-3-18-9-6(10)8(11-4-12-9)13-5(2)7-14-16-17-15-7/h4-5H,3,10H2,1-2H3,(H,11,12,13)(H,14,15,16,17). The summed E-state index contributed by atoms with van der Waals surface area (Å²) in [5.41, 5.74) is 6.25. The third kappa shape index (κ3) is 2.44. The third-order valence-corrected chi connectivity index (χ3v) is 2.23. The fourth-order valence-corrected chi connectivity index (χ4v) is 1.37. The van der Waals surface area contributed by atoms with E-state index < -0.39 is 0 Å². The van der Waals surface area contributed by atoms with E-state index in [1.807, 2.05) is 13.8 Å². The monoisotopic (exact) mass is 250 g/mol. The predicted octanol–water partition coefficient (Wildman–Crippen LogP) is 0.144. The normalized spacial score (nSPS) is 12.1. The lowest BCUT2D eigenvalue weighted by Gasteiger charge is -2.13. The first-order valence-electron chi connectivity index (χ1n) is 5.45. The second kappa shape index (κ2) is 5.25. The largest absolute Gasteiger partial charge is 0.476 e. The summed E-state index contributed by atoms with van der Waals surface area (Å²) in [5, 5.41) is 16.7. The molecule has 2 aromatic heterocycles. The van der Waals surface area contributed by atoms with Crippen molar-refractivity contribution in [1.82, 2.24) is 30.6 Å². The SMILES string of the molecule is CCOc1ncnc(NC(C)c2nn[nH]n2)c1N. The molecule has 0 spiro atoms. The molecule has 0 saturated carbocycles. The van der Waals surface area contributed by atoms with Crippen LogP contribution in [-0.2, 0) is 0 Å². The van der Waals surface area contributed by atoms with Gasteiger partial charge in [0.1, 0.15) is 12.0 Å². The van der Waals surface area contributed by atoms with Gasteiger partial charge in [0, 0.05) is 0 Å². The first kappa shape index (κ1) is 12.0. The average molecular weight is 250 g/mol. The third-order valence-electron chi connectivity index (χ3n) is 2.23. The molecule has 1 atom stereocenters. The molecule has 2 rings (SSSR count). The summed E-state index contributed by atoms with van der Waals surface area (Å²) in [6.07, 6.45) is 1.38. The van der Waals surface area contributed by atoms with Crippen LogP contribution in [0.3, 0.4) is 0 Å². The highest BCUT2D eigenvalue weighted by molar-refractivity contribution is 5.66. The predicted molar refractivity (Wildman–Crippen MR) is 63.8 cm³/mol. The van der Waals surface area contributed by atoms with Gasteiger partial charge in [-0.15, -0.1) is 10.2 Å². The van der Waals surface area contributed by atoms with E-state index in [2.05, 4.69) is 35.9 Å². The van der Waals surface area contributed by atoms with Crippen LogP contribution in [0.15, 0.2) is 6.33 Å². The van der Waals surface area contributed by atoms with Gasteiger partial charge in [-0.25, -0.2) is 4.98 Å². The molecule has 4 N–H and O–H groups in total. The van der Waals surface area contributed by atoms with Gasteiger partial charge in [0.15, 0.2) is 11.6 Å². The van der Waals surface area contributed by atoms with Crippen LogP contribution >= 0.6 is 0 Å². The lowest BCUT2D eigenvalue weighted by atomic mass is 10.3. The molecule has 9 heteroatoms. The number of nitrogens with two attached hydrogens (primary N) is 1. The van der Waals surface area contributed by atoms with Crippen LogP contribution in [0, 0.1) is 0 Å². The van der Waals surface area contributed by atoms with Crippen molar-refractivity contribution in [2.24, 2.45) is 0 Å². The maximum Gasteiger partial charge on any atom is 0.242 e. The van der Waals surface area contributed by atoms with Crippen LogP contribution in [0.1, 0.15) is 25.7 Å². The molecule has 2 heterocycles. The van der Waals surface area contributed by atoms with Gasteiger partial charge in [0.05, 0.1) is 12.6 Å². The summed E-state index contributed by atoms with van der Waals surface area (Å²) >= 11 is 0. The number of ether oxygens (including phenoxy) is 1. The molecule has 0 saturated heterocycles. The van der Waals surface area contributed by atoms with Gasteiger partial charge in [-0.2, -0.15) is 10.2 Å². The smallest absolute Gasteiger partial charge is 0.242 e. The van der Waals surface area contributed by atoms with Crippen LogP contribution < -0.4 is 15.8 Å². The Kier molecular flexibility index (Phi) is 3.51. The first-order valence-corrected chi connectivity index (χ1v) is 5.45. The van der Waals surface area contributed by atoms with E-state index in [9.17, 15) is 0 Å². The molecule has 0 radical (unpaired) electrons. The fraction of sp³-hybridized carbons (Fsp3) is 0.444. The first-order chi connectivity index (χ1) is 8.72. The van der Waals surface area contributed by atoms with E-state index in [1.165, 1.54) is 6.33 Å². The highest BCUT2D eigenvalue weighted by Crippen LogP contribution is 2.26. The summed E-state index contributed by atoms with van der Waals surface area (Å²) < 4.78 is 5.28. The van der Waals surface area contributed by atoms with Crippen molar-refractivity contribution in [3.05, 3.63) is 12.2 Å². The Balaban J connectivity index is 2.16. The number of rotatable bonds is 5. The van der Waals surface area contributed by atoms with Gasteiger partial charge in [-0.1, -0.05) is 5.21 Å². The van der Waals surface area contributed by atoms with E-state index in [0.717, 1.165) is 0 Å². The zero-order valence-electron chi connectivity index (χ0n) is 10.1. The van der Waals surface area contributed by atoms with E-state index in [0.29, 0.717) is 29.8 Å². The second-order valence-electron chi connectivity index (χ2n) is 3.51. The number of aromatic nitrogens is 6. The van der Waals surface area contributed by atoms with Crippen LogP contribution in [0.25, 0.3) is 0 Å². The van der Waals surface area contributed by atoms with Crippen LogP contribution in [0.2, 0.25) is 0 Å². The van der Waals surface area contributed by atoms with Gasteiger partial charge in [-0.3, -0.25) is 0 Å². The average Bonchev–Trinajstić information content (AvgIpc) is 2.88. The zero-order chi connectivity index (χ0) is 13.0. The highest BCUT2D eigenvalue weighted by Gasteiger charge is 2.14. The molecule has 0 amide bonds. The lowest BCUT2D eigenvalue weighted by molar-refractivity contribution is 0.328. The summed E-state index contributed by atoms with van der Waals surface area (Å²) in [7, 11) is 0. The minimum absolute atomic E-state index is 0.185. The van der Waals surface area contributed by atoms with E-state index in [-0.39, 0.29) is 6.04 Å². The van der Waals surface area contributed by atoms with Gasteiger partial charge in [0.25, 0.3) is 0 Å². The molecule has 0 fully saturated rings. The molecular formula is C9H14N8O. The van der Waals surface area contributed by atoms with Crippen LogP contribution in [0.5, 0.6) is 5.88 Å². The number of H-pyrrole nitrogens is 1. The summed E-state index contributed by atoms with van der Waals surface area (Å²) in [4.78, 5) is 8.01. The molecule has 0 aliphatic rings. The van der Waals surface area contributed by atoms with Crippen molar-refractivity contribution < 1.29 is 4.74 Å². The molecular weight excluding hydrogens is 236 g/mol. The number of anilines is 2. The van der Waals surface area contributed by atoms with Crippen molar-refractivity contribution in [3.63, 3.8) is 0 Å². The minimum Gasteiger partial charge on any atom is -0.476 e. The zero-order valence-corrected chi connectivity index (χ0v) is 10.1. The van der Waals surface area contributed by atoms with Gasteiger partial charge in [0.2, 0.25) is 5.88 Å². The Morgan fingerprint density at radius 2 is 2.33 bits per heavy atom. The molecule has 0 aliphatic heterocycles. The number of nitrogens with one attached hydrogen (secondary N) is 2. The van der Waals surface area contributed by atoms with Gasteiger partial charge >= 0.3 is 0 Å². The molecule has 0 aliphatic carbocycles. The number of nitrogens with zero attached hydrogens (tertiary/aromatic N) is 5. The topological polar surface area (TPSA) is 128 Å². The number of tetrazole rings is 1. The fourth-order valence-electron chi connectivity index (χ4n) is 1.37. The Morgan fingerprint density at radius 1 is 1.50 bits per heavy atom. The van der Waals surface area contributed by atoms with Crippen molar-refractivity contribution in [1.29, 1.82) is 0 Å². The minimum atomic E-state index is -0.185. The van der Waals surface area contributed by atoms with Crippen LogP contribution in [-0.4, -0.2) is 37.2 Å². The Labute approximate surface area is 103 Å². The highest BCUT2D eigenvalue weighted by atomic mass is 16.5. The van der Waals surface area contributed by atoms with E-state index in [4.69, 9.17) is 10.5 Å². The quantitative estimate of drug-likeness (QED) is 0.683. The molecule has 2 aromatic rings. The molecule has 96 valence electrons. The number of hydrogen-bond donors (Lipinski definition) is 3. The maximum atomic E-state index is 5.89. The van der Waals surface area contributed by atoms with Crippen molar-refractivity contribution >= 4 is 11.5 Å². The maximum absolute atomic E-state index is 5.89. The Bertz CT molecular complexity index is 499. The lowest BCUT2D eigenvalue weighted by Crippen LogP contribution is -2.12. The van der Waals surface area contributed by atoms with E-state index in [1.54, 1.807) is 0 Å². The summed E-state index contributed by atoms with van der Waals surface area (Å²) in [5.74, 6) is 1.35. The number of aromatic amines is 1. The number of nitrogen functional groups attached to an aromatic ring is 1.